The topological polar surface area (TPSA) is 70.5 Å². The summed E-state index contributed by atoms with van der Waals surface area (Å²) in [6.07, 6.45) is 2.34. The first-order valence-corrected chi connectivity index (χ1v) is 3.09. The molecule has 0 aliphatic heterocycles. The minimum Gasteiger partial charge on any atom is -0.391 e. The lowest BCUT2D eigenvalue weighted by Gasteiger charge is -1.98. The maximum Gasteiger partial charge on any atom is 0.214 e. The van der Waals surface area contributed by atoms with Crippen LogP contribution < -0.4 is 4.91 Å². The van der Waals surface area contributed by atoms with Gasteiger partial charge in [-0.2, -0.15) is 0 Å². The molecule has 2 N–H and O–H groups in total. The summed E-state index contributed by atoms with van der Waals surface area (Å²) >= 11 is 0. The maximum atomic E-state index is 9.08. The van der Waals surface area contributed by atoms with Gasteiger partial charge in [-0.3, -0.25) is 0 Å². The van der Waals surface area contributed by atoms with Crippen LogP contribution in [0.5, 0.6) is 0 Å². The molecule has 0 heterocycles. The fraction of sp³-hybridized carbons (Fsp3) is 1.00. The van der Waals surface area contributed by atoms with Crippen molar-refractivity contribution in [3.05, 3.63) is 0 Å². The molecule has 9 heavy (non-hydrogen) atoms. The monoisotopic (exact) mass is 128 g/mol. The van der Waals surface area contributed by atoms with Crippen LogP contribution in [0.4, 0.5) is 0 Å². The van der Waals surface area contributed by atoms with Crippen LogP contribution in [0.3, 0.4) is 0 Å². The molecule has 0 unspecified atom stereocenters. The van der Waals surface area contributed by atoms with Crippen LogP contribution >= 0.6 is 0 Å². The van der Waals surface area contributed by atoms with Crippen molar-refractivity contribution >= 4 is 0 Å². The smallest absolute Gasteiger partial charge is 0.214 e. The zero-order valence-corrected chi connectivity index (χ0v) is 5.12. The standard InChI is InChI=1S/C5H10N3O/c6-8-7-4-2-1-3-5(4)9/h4-6,9H,1-3H2/q+1/t4-,5-/m1/s1. The molecule has 0 spiro atoms. The quantitative estimate of drug-likeness (QED) is 0.390. The van der Waals surface area contributed by atoms with E-state index in [9.17, 15) is 0 Å². The lowest BCUT2D eigenvalue weighted by molar-refractivity contribution is 0.162. The van der Waals surface area contributed by atoms with Crippen molar-refractivity contribution in [3.63, 3.8) is 0 Å². The molecule has 1 aliphatic carbocycles. The first kappa shape index (κ1) is 6.39. The van der Waals surface area contributed by atoms with Gasteiger partial charge in [-0.15, -0.1) is 0 Å². The van der Waals surface area contributed by atoms with Crippen molar-refractivity contribution in [2.24, 2.45) is 5.11 Å². The highest BCUT2D eigenvalue weighted by molar-refractivity contribution is 4.80. The highest BCUT2D eigenvalue weighted by Gasteiger charge is 2.28. The Morgan fingerprint density at radius 3 is 2.78 bits per heavy atom. The SMILES string of the molecule is N=[N+]=N[C@@H]1CCC[C@H]1O. The first-order chi connectivity index (χ1) is 4.34. The third kappa shape index (κ3) is 1.34. The van der Waals surface area contributed by atoms with Gasteiger partial charge in [-0.25, -0.2) is 0 Å². The Kier molecular flexibility index (Phi) is 1.92. The van der Waals surface area contributed by atoms with Gasteiger partial charge >= 0.3 is 0 Å². The van der Waals surface area contributed by atoms with Crippen LogP contribution in [0.15, 0.2) is 5.11 Å². The van der Waals surface area contributed by atoms with E-state index in [1.165, 1.54) is 0 Å². The van der Waals surface area contributed by atoms with E-state index in [0.29, 0.717) is 0 Å². The zero-order valence-electron chi connectivity index (χ0n) is 5.12. The summed E-state index contributed by atoms with van der Waals surface area (Å²) < 4.78 is 0. The highest BCUT2D eigenvalue weighted by atomic mass is 16.3. The number of nitrogens with one attached hydrogen (secondary N) is 1. The normalized spacial score (nSPS) is 33.9. The summed E-state index contributed by atoms with van der Waals surface area (Å²) in [4.78, 5) is 2.88. The van der Waals surface area contributed by atoms with E-state index in [1.54, 1.807) is 0 Å². The average molecular weight is 128 g/mol. The van der Waals surface area contributed by atoms with Crippen LogP contribution in [-0.4, -0.2) is 17.3 Å². The van der Waals surface area contributed by atoms with E-state index in [1.807, 2.05) is 0 Å². The Morgan fingerprint density at radius 2 is 2.33 bits per heavy atom. The summed E-state index contributed by atoms with van der Waals surface area (Å²) in [5, 5.41) is 12.6. The number of rotatable bonds is 1. The van der Waals surface area contributed by atoms with Gasteiger partial charge < -0.3 is 5.11 Å². The summed E-state index contributed by atoms with van der Waals surface area (Å²) in [5.41, 5.74) is 6.40. The molecule has 0 saturated heterocycles. The Balaban J connectivity index is 2.49. The number of hydrogen-bond donors (Lipinski definition) is 2. The molecule has 2 atom stereocenters. The Hall–Kier alpha value is -0.730. The molecular weight excluding hydrogens is 118 g/mol. The van der Waals surface area contributed by atoms with E-state index >= 15 is 0 Å². The van der Waals surface area contributed by atoms with Crippen molar-refractivity contribution in [1.82, 2.24) is 4.91 Å². The van der Waals surface area contributed by atoms with Crippen molar-refractivity contribution < 1.29 is 5.11 Å². The van der Waals surface area contributed by atoms with Crippen molar-refractivity contribution in [3.8, 4) is 0 Å². The molecule has 4 heteroatoms. The molecule has 4 nitrogen and oxygen atoms in total. The van der Waals surface area contributed by atoms with Gasteiger partial charge in [0.25, 0.3) is 0 Å². The molecule has 0 radical (unpaired) electrons. The number of nitrogens with zero attached hydrogens (tertiary/aromatic N) is 2. The molecule has 1 rings (SSSR count). The van der Waals surface area contributed by atoms with Crippen LogP contribution in [-0.2, 0) is 0 Å². The summed E-state index contributed by atoms with van der Waals surface area (Å²) in [5.74, 6) is 0. The maximum absolute atomic E-state index is 9.08. The molecule has 1 fully saturated rings. The fourth-order valence-electron chi connectivity index (χ4n) is 1.13. The second-order valence-electron chi connectivity index (χ2n) is 2.28. The summed E-state index contributed by atoms with van der Waals surface area (Å²) in [6, 6.07) is -0.0949. The van der Waals surface area contributed by atoms with Gasteiger partial charge in [-0.05, 0) is 19.3 Å². The molecule has 1 aliphatic rings. The largest absolute Gasteiger partial charge is 0.391 e. The molecule has 0 aromatic carbocycles. The summed E-state index contributed by atoms with van der Waals surface area (Å²) in [7, 11) is 0. The second kappa shape index (κ2) is 2.71. The van der Waals surface area contributed by atoms with E-state index in [2.05, 4.69) is 10.0 Å². The first-order valence-electron chi connectivity index (χ1n) is 3.09. The Bertz CT molecular complexity index is 141. The third-order valence-electron chi connectivity index (χ3n) is 1.65. The number of aliphatic hydroxyl groups is 1. The molecule has 0 aromatic rings. The lowest BCUT2D eigenvalue weighted by Crippen LogP contribution is -2.16. The summed E-state index contributed by atoms with van der Waals surface area (Å²) in [6.45, 7) is 0. The minimum absolute atomic E-state index is 0.0949. The van der Waals surface area contributed by atoms with Gasteiger partial charge in [0.15, 0.2) is 6.04 Å². The van der Waals surface area contributed by atoms with Crippen molar-refractivity contribution in [2.75, 3.05) is 0 Å². The van der Waals surface area contributed by atoms with Gasteiger partial charge in [0.2, 0.25) is 4.91 Å². The van der Waals surface area contributed by atoms with Crippen molar-refractivity contribution in [2.45, 2.75) is 31.4 Å². The lowest BCUT2D eigenvalue weighted by atomic mass is 10.2. The number of aliphatic hydroxyl groups excluding tert-OH is 1. The fourth-order valence-corrected chi connectivity index (χ4v) is 1.13. The predicted octanol–water partition coefficient (Wildman–Crippen LogP) is 0.450. The Labute approximate surface area is 53.1 Å². The van der Waals surface area contributed by atoms with Crippen molar-refractivity contribution in [1.29, 1.82) is 5.53 Å². The van der Waals surface area contributed by atoms with E-state index < -0.39 is 0 Å². The average Bonchev–Trinajstić information content (AvgIpc) is 2.18. The van der Waals surface area contributed by atoms with Crippen LogP contribution in [0.2, 0.25) is 0 Å². The van der Waals surface area contributed by atoms with Gasteiger partial charge in [0, 0.05) is 0 Å². The molecule has 50 valence electrons. The van der Waals surface area contributed by atoms with Crippen LogP contribution in [0, 0.1) is 5.53 Å². The van der Waals surface area contributed by atoms with Gasteiger partial charge in [0.05, 0.1) is 6.10 Å². The predicted molar refractivity (Wildman–Crippen MR) is 30.9 cm³/mol. The minimum atomic E-state index is -0.348. The van der Waals surface area contributed by atoms with Crippen LogP contribution in [0.25, 0.3) is 0 Å². The molecule has 0 bridgehead atoms. The molecule has 0 aromatic heterocycles. The Morgan fingerprint density at radius 1 is 1.56 bits per heavy atom. The number of hydrogen-bond acceptors (Lipinski definition) is 3. The molecule has 1 saturated carbocycles. The third-order valence-corrected chi connectivity index (χ3v) is 1.65. The zero-order chi connectivity index (χ0) is 6.69. The highest BCUT2D eigenvalue weighted by Crippen LogP contribution is 2.20. The van der Waals surface area contributed by atoms with E-state index in [4.69, 9.17) is 10.6 Å². The molecular formula is C5H10N3O+. The second-order valence-corrected chi connectivity index (χ2v) is 2.28. The molecule has 0 amide bonds. The van der Waals surface area contributed by atoms with Crippen LogP contribution in [0.1, 0.15) is 19.3 Å². The van der Waals surface area contributed by atoms with Gasteiger partial charge in [-0.1, -0.05) is 0 Å². The van der Waals surface area contributed by atoms with E-state index in [0.717, 1.165) is 19.3 Å². The van der Waals surface area contributed by atoms with Gasteiger partial charge in [0.1, 0.15) is 10.6 Å². The van der Waals surface area contributed by atoms with E-state index in [-0.39, 0.29) is 12.1 Å².